The van der Waals surface area contributed by atoms with Crippen LogP contribution in [0.4, 0.5) is 17.6 Å². The minimum atomic E-state index is -4.11. The zero-order chi connectivity index (χ0) is 23.0. The lowest BCUT2D eigenvalue weighted by atomic mass is 9.77. The van der Waals surface area contributed by atoms with Crippen molar-refractivity contribution in [3.8, 4) is 11.1 Å². The van der Waals surface area contributed by atoms with Crippen molar-refractivity contribution in [2.75, 3.05) is 0 Å². The van der Waals surface area contributed by atoms with E-state index in [1.807, 2.05) is 12.1 Å². The highest BCUT2D eigenvalue weighted by atomic mass is 19.3. The fraction of sp³-hybridized carbons (Fsp3) is 0.571. The first kappa shape index (κ1) is 24.8. The Bertz CT molecular complexity index is 787. The lowest BCUT2D eigenvalue weighted by Gasteiger charge is -2.29. The second-order valence-corrected chi connectivity index (χ2v) is 9.40. The number of hydrogen-bond donors (Lipinski definition) is 0. The van der Waals surface area contributed by atoms with E-state index in [-0.39, 0.29) is 0 Å². The topological polar surface area (TPSA) is 0 Å². The Morgan fingerprint density at radius 3 is 1.84 bits per heavy atom. The van der Waals surface area contributed by atoms with Crippen molar-refractivity contribution >= 4 is 0 Å². The summed E-state index contributed by atoms with van der Waals surface area (Å²) in [6, 6.07) is 13.5. The molecule has 32 heavy (non-hydrogen) atoms. The third-order valence-electron chi connectivity index (χ3n) is 7.07. The van der Waals surface area contributed by atoms with Gasteiger partial charge in [0.2, 0.25) is 0 Å². The first-order chi connectivity index (χ1) is 15.4. The van der Waals surface area contributed by atoms with Crippen LogP contribution in [0.1, 0.15) is 94.6 Å². The molecule has 0 spiro atoms. The van der Waals surface area contributed by atoms with Crippen LogP contribution in [-0.4, -0.2) is 6.43 Å². The molecule has 0 saturated heterocycles. The SMILES string of the molecule is CCCCCCCC[C@H]1CC[C@H](c2ccc(-c3ccc(C(F)(F)C(F)F)cc3)cc2)CC1. The van der Waals surface area contributed by atoms with Gasteiger partial charge in [0.05, 0.1) is 0 Å². The summed E-state index contributed by atoms with van der Waals surface area (Å²) in [6.45, 7) is 2.26. The van der Waals surface area contributed by atoms with Crippen LogP contribution in [-0.2, 0) is 5.92 Å². The summed E-state index contributed by atoms with van der Waals surface area (Å²) in [5.74, 6) is -2.64. The molecule has 0 atom stereocenters. The van der Waals surface area contributed by atoms with E-state index in [9.17, 15) is 17.6 Å². The van der Waals surface area contributed by atoms with Crippen molar-refractivity contribution < 1.29 is 17.6 Å². The van der Waals surface area contributed by atoms with E-state index in [4.69, 9.17) is 0 Å². The van der Waals surface area contributed by atoms with Gasteiger partial charge in [-0.05, 0) is 54.2 Å². The van der Waals surface area contributed by atoms with Gasteiger partial charge >= 0.3 is 12.3 Å². The molecule has 4 heteroatoms. The van der Waals surface area contributed by atoms with Crippen LogP contribution in [0.3, 0.4) is 0 Å². The Hall–Kier alpha value is -1.84. The zero-order valence-corrected chi connectivity index (χ0v) is 19.1. The highest BCUT2D eigenvalue weighted by molar-refractivity contribution is 5.64. The largest absolute Gasteiger partial charge is 0.332 e. The van der Waals surface area contributed by atoms with Crippen LogP contribution in [0.5, 0.6) is 0 Å². The summed E-state index contributed by atoms with van der Waals surface area (Å²) >= 11 is 0. The molecule has 0 radical (unpaired) electrons. The number of hydrogen-bond acceptors (Lipinski definition) is 0. The van der Waals surface area contributed by atoms with E-state index in [1.54, 1.807) is 0 Å². The van der Waals surface area contributed by atoms with Crippen molar-refractivity contribution in [1.29, 1.82) is 0 Å². The van der Waals surface area contributed by atoms with Crippen LogP contribution in [0.2, 0.25) is 0 Å². The molecule has 1 aliphatic rings. The standard InChI is InChI=1S/C28H36F4/c1-2-3-4-5-6-7-8-21-9-11-22(12-10-21)23-13-15-24(16-14-23)25-17-19-26(20-18-25)28(31,32)27(29)30/h13-22,27H,2-12H2,1H3/t21-,22-. The minimum Gasteiger partial charge on any atom is -0.203 e. The van der Waals surface area contributed by atoms with Crippen LogP contribution in [0, 0.1) is 5.92 Å². The smallest absolute Gasteiger partial charge is 0.203 e. The molecule has 0 bridgehead atoms. The van der Waals surface area contributed by atoms with Crippen molar-refractivity contribution in [3.63, 3.8) is 0 Å². The maximum Gasteiger partial charge on any atom is 0.332 e. The summed E-state index contributed by atoms with van der Waals surface area (Å²) in [6.07, 6.45) is 10.9. The van der Waals surface area contributed by atoms with E-state index in [2.05, 4.69) is 19.1 Å². The van der Waals surface area contributed by atoms with Gasteiger partial charge in [0.1, 0.15) is 0 Å². The van der Waals surface area contributed by atoms with Crippen molar-refractivity contribution in [3.05, 3.63) is 59.7 Å². The molecule has 2 aromatic rings. The Morgan fingerprint density at radius 1 is 0.750 bits per heavy atom. The maximum absolute atomic E-state index is 13.5. The lowest BCUT2D eigenvalue weighted by Crippen LogP contribution is -2.23. The molecular weight excluding hydrogens is 412 g/mol. The van der Waals surface area contributed by atoms with Crippen LogP contribution >= 0.6 is 0 Å². The van der Waals surface area contributed by atoms with Crippen molar-refractivity contribution in [2.45, 2.75) is 95.8 Å². The lowest BCUT2D eigenvalue weighted by molar-refractivity contribution is -0.135. The first-order valence-electron chi connectivity index (χ1n) is 12.3. The molecule has 1 saturated carbocycles. The fourth-order valence-electron chi connectivity index (χ4n) is 4.96. The molecule has 2 aromatic carbocycles. The Balaban J connectivity index is 1.48. The molecule has 0 N–H and O–H groups in total. The van der Waals surface area contributed by atoms with E-state index < -0.39 is 17.9 Å². The number of unbranched alkanes of at least 4 members (excludes halogenated alkanes) is 5. The Kier molecular flexibility index (Phi) is 9.19. The van der Waals surface area contributed by atoms with Gasteiger partial charge in [0.15, 0.2) is 0 Å². The van der Waals surface area contributed by atoms with Gasteiger partial charge in [-0.25, -0.2) is 8.78 Å². The van der Waals surface area contributed by atoms with Gasteiger partial charge < -0.3 is 0 Å². The van der Waals surface area contributed by atoms with Gasteiger partial charge in [-0.1, -0.05) is 100 Å². The predicted octanol–water partition coefficient (Wildman–Crippen LogP) is 9.73. The zero-order valence-electron chi connectivity index (χ0n) is 19.1. The molecule has 1 fully saturated rings. The van der Waals surface area contributed by atoms with E-state index in [0.717, 1.165) is 29.2 Å². The minimum absolute atomic E-state index is 0.594. The van der Waals surface area contributed by atoms with Crippen LogP contribution in [0.25, 0.3) is 11.1 Å². The molecule has 3 rings (SSSR count). The Labute approximate surface area is 190 Å². The first-order valence-corrected chi connectivity index (χ1v) is 12.3. The molecule has 0 aliphatic heterocycles. The molecule has 0 unspecified atom stereocenters. The third-order valence-corrected chi connectivity index (χ3v) is 7.07. The summed E-state index contributed by atoms with van der Waals surface area (Å²) in [7, 11) is 0. The normalized spacial score (nSPS) is 19.4. The maximum atomic E-state index is 13.5. The second kappa shape index (κ2) is 11.9. The molecule has 0 nitrogen and oxygen atoms in total. The van der Waals surface area contributed by atoms with Crippen LogP contribution in [0.15, 0.2) is 48.5 Å². The molecule has 0 heterocycles. The number of rotatable bonds is 11. The van der Waals surface area contributed by atoms with Crippen molar-refractivity contribution in [2.24, 2.45) is 5.92 Å². The van der Waals surface area contributed by atoms with E-state index in [1.165, 1.54) is 88.3 Å². The van der Waals surface area contributed by atoms with Crippen LogP contribution < -0.4 is 0 Å². The summed E-state index contributed by atoms with van der Waals surface area (Å²) in [5, 5.41) is 0. The molecule has 0 aromatic heterocycles. The van der Waals surface area contributed by atoms with Gasteiger partial charge in [0.25, 0.3) is 0 Å². The number of halogens is 4. The summed E-state index contributed by atoms with van der Waals surface area (Å²) < 4.78 is 52.0. The summed E-state index contributed by atoms with van der Waals surface area (Å²) in [5.41, 5.74) is 2.36. The molecule has 0 amide bonds. The highest BCUT2D eigenvalue weighted by Crippen LogP contribution is 2.39. The fourth-order valence-corrected chi connectivity index (χ4v) is 4.96. The number of benzene rings is 2. The van der Waals surface area contributed by atoms with Crippen molar-refractivity contribution in [1.82, 2.24) is 0 Å². The Morgan fingerprint density at radius 2 is 1.28 bits per heavy atom. The second-order valence-electron chi connectivity index (χ2n) is 9.40. The molecule has 1 aliphatic carbocycles. The van der Waals surface area contributed by atoms with Gasteiger partial charge in [-0.15, -0.1) is 0 Å². The average Bonchev–Trinajstić information content (AvgIpc) is 2.82. The quantitative estimate of drug-likeness (QED) is 0.237. The van der Waals surface area contributed by atoms with Gasteiger partial charge in [0, 0.05) is 5.56 Å². The molecular formula is C28H36F4. The molecule has 176 valence electrons. The average molecular weight is 449 g/mol. The van der Waals surface area contributed by atoms with E-state index >= 15 is 0 Å². The van der Waals surface area contributed by atoms with Gasteiger partial charge in [-0.3, -0.25) is 0 Å². The monoisotopic (exact) mass is 448 g/mol. The van der Waals surface area contributed by atoms with E-state index in [0.29, 0.717) is 5.92 Å². The predicted molar refractivity (Wildman–Crippen MR) is 124 cm³/mol. The third kappa shape index (κ3) is 6.59. The van der Waals surface area contributed by atoms with Gasteiger partial charge in [-0.2, -0.15) is 8.78 Å². The number of alkyl halides is 4. The highest BCUT2D eigenvalue weighted by Gasteiger charge is 2.42. The summed E-state index contributed by atoms with van der Waals surface area (Å²) in [4.78, 5) is 0.